The first-order chi connectivity index (χ1) is 4.91. The molecule has 0 aliphatic rings. The van der Waals surface area contributed by atoms with Crippen molar-refractivity contribution in [3.05, 3.63) is 0 Å². The van der Waals surface area contributed by atoms with E-state index in [9.17, 15) is 0 Å². The molecule has 0 spiro atoms. The van der Waals surface area contributed by atoms with Gasteiger partial charge in [-0.1, -0.05) is 26.9 Å². The zero-order valence-corrected chi connectivity index (χ0v) is 13.1. The molecule has 5 heteroatoms. The van der Waals surface area contributed by atoms with Crippen LogP contribution in [-0.2, 0) is 4.43 Å². The van der Waals surface area contributed by atoms with Crippen LogP contribution in [0.4, 0.5) is 0 Å². The van der Waals surface area contributed by atoms with E-state index in [2.05, 4.69) is 31.2 Å². The molecule has 0 aliphatic carbocycles. The van der Waals surface area contributed by atoms with E-state index in [4.69, 9.17) is 4.43 Å². The van der Waals surface area contributed by atoms with Crippen LogP contribution in [0.25, 0.3) is 0 Å². The molecule has 0 saturated carbocycles. The van der Waals surface area contributed by atoms with E-state index in [1.54, 1.807) is 0 Å². The summed E-state index contributed by atoms with van der Waals surface area (Å²) in [5.41, 5.74) is 0. The predicted octanol–water partition coefficient (Wildman–Crippen LogP) is -0.591. The number of nitrogens with zero attached hydrogens (tertiary/aromatic N) is 1. The van der Waals surface area contributed by atoms with Crippen LogP contribution < -0.4 is 0 Å². The molecule has 0 aromatic heterocycles. The fraction of sp³-hybridized carbons (Fsp3) is 1.00. The van der Waals surface area contributed by atoms with E-state index in [0.717, 1.165) is 6.04 Å². The summed E-state index contributed by atoms with van der Waals surface area (Å²) in [5, 5.41) is 0. The second-order valence-electron chi connectivity index (χ2n) is 3.95. The predicted molar refractivity (Wildman–Crippen MR) is 59.9 cm³/mol. The largest absolute Gasteiger partial charge is 0.429 e. The molecule has 2 nitrogen and oxygen atoms in total. The number of hydrogen-bond acceptors (Lipinski definition) is 2. The fourth-order valence-electron chi connectivity index (χ4n) is 1.15. The molecular weight excluding hydrogens is 186 g/mol. The third-order valence-electron chi connectivity index (χ3n) is 2.23. The molecule has 0 fully saturated rings. The van der Waals surface area contributed by atoms with Gasteiger partial charge in [0.15, 0.2) is 9.28 Å². The minimum absolute atomic E-state index is 0.241. The van der Waals surface area contributed by atoms with Crippen LogP contribution in [0.2, 0.25) is 13.1 Å². The molecule has 0 heterocycles. The zero-order valence-electron chi connectivity index (χ0n) is 8.64. The summed E-state index contributed by atoms with van der Waals surface area (Å²) in [6, 6.07) is 0.728. The highest BCUT2D eigenvalue weighted by molar-refractivity contribution is 7.21. The standard InChI is InChI=1S/C6H21NOSi3/c1-6(2)7(9)11(4,5)10-8-3/h6H,10H2,1-5,9H3. The van der Waals surface area contributed by atoms with Crippen molar-refractivity contribution in [1.29, 1.82) is 0 Å². The van der Waals surface area contributed by atoms with Crippen molar-refractivity contribution in [1.82, 2.24) is 4.23 Å². The zero-order chi connectivity index (χ0) is 9.07. The smallest absolute Gasteiger partial charge is 0.166 e. The number of rotatable bonds is 4. The Hall–Kier alpha value is 0.571. The van der Waals surface area contributed by atoms with Crippen LogP contribution in [0, 0.1) is 0 Å². The van der Waals surface area contributed by atoms with E-state index < -0.39 is 7.75 Å². The van der Waals surface area contributed by atoms with Crippen molar-refractivity contribution in [3.63, 3.8) is 0 Å². The van der Waals surface area contributed by atoms with Gasteiger partial charge in [0.05, 0.1) is 10.4 Å². The highest BCUT2D eigenvalue weighted by atomic mass is 29.2. The topological polar surface area (TPSA) is 12.5 Å². The molecule has 0 aromatic carbocycles. The van der Waals surface area contributed by atoms with Gasteiger partial charge in [0, 0.05) is 7.11 Å². The van der Waals surface area contributed by atoms with Crippen LogP contribution in [0.1, 0.15) is 13.8 Å². The van der Waals surface area contributed by atoms with Crippen molar-refractivity contribution in [2.45, 2.75) is 33.0 Å². The maximum atomic E-state index is 5.36. The van der Waals surface area contributed by atoms with Gasteiger partial charge >= 0.3 is 0 Å². The van der Waals surface area contributed by atoms with Gasteiger partial charge in [-0.25, -0.2) is 0 Å². The molecule has 0 unspecified atom stereocenters. The Morgan fingerprint density at radius 1 is 1.45 bits per heavy atom. The van der Waals surface area contributed by atoms with Crippen molar-refractivity contribution in [2.75, 3.05) is 7.11 Å². The van der Waals surface area contributed by atoms with Crippen LogP contribution in [0.5, 0.6) is 0 Å². The average molecular weight is 207 g/mol. The summed E-state index contributed by atoms with van der Waals surface area (Å²) in [6.45, 7) is 9.42. The van der Waals surface area contributed by atoms with Crippen molar-refractivity contribution >= 4 is 27.4 Å². The van der Waals surface area contributed by atoms with Crippen LogP contribution in [-0.4, -0.2) is 44.8 Å². The molecule has 0 N–H and O–H groups in total. The van der Waals surface area contributed by atoms with Crippen molar-refractivity contribution < 1.29 is 4.43 Å². The summed E-state index contributed by atoms with van der Waals surface area (Å²) in [4.78, 5) is 0. The molecule has 0 radical (unpaired) electrons. The van der Waals surface area contributed by atoms with Crippen molar-refractivity contribution in [2.24, 2.45) is 0 Å². The third-order valence-corrected chi connectivity index (χ3v) is 16.7. The Labute approximate surface area is 76.6 Å². The molecule has 0 rings (SSSR count). The first-order valence-corrected chi connectivity index (χ1v) is 10.9. The first kappa shape index (κ1) is 11.6. The Bertz CT molecular complexity index is 118. The van der Waals surface area contributed by atoms with Crippen LogP contribution >= 0.6 is 0 Å². The summed E-state index contributed by atoms with van der Waals surface area (Å²) in [7, 11) is 1.75. The maximum absolute atomic E-state index is 5.36. The van der Waals surface area contributed by atoms with Gasteiger partial charge in [-0.3, -0.25) is 0 Å². The molecule has 0 atom stereocenters. The fourth-order valence-corrected chi connectivity index (χ4v) is 8.45. The minimum Gasteiger partial charge on any atom is -0.429 e. The lowest BCUT2D eigenvalue weighted by Crippen LogP contribution is -2.56. The molecule has 68 valence electrons. The first-order valence-electron chi connectivity index (χ1n) is 4.13. The van der Waals surface area contributed by atoms with Crippen LogP contribution in [0.15, 0.2) is 0 Å². The van der Waals surface area contributed by atoms with E-state index in [1.165, 1.54) is 10.4 Å². The second kappa shape index (κ2) is 4.56. The van der Waals surface area contributed by atoms with E-state index in [0.29, 0.717) is 0 Å². The normalized spacial score (nSPS) is 14.5. The van der Waals surface area contributed by atoms with Crippen LogP contribution in [0.3, 0.4) is 0 Å². The number of hydrogen-bond donors (Lipinski definition) is 0. The van der Waals surface area contributed by atoms with Gasteiger partial charge in [0.1, 0.15) is 7.75 Å². The van der Waals surface area contributed by atoms with Gasteiger partial charge in [-0.2, -0.15) is 0 Å². The Balaban J connectivity index is 4.05. The molecule has 11 heavy (non-hydrogen) atoms. The lowest BCUT2D eigenvalue weighted by Gasteiger charge is -2.36. The lowest BCUT2D eigenvalue weighted by molar-refractivity contribution is 0.446. The molecule has 0 aliphatic heterocycles. The quantitative estimate of drug-likeness (QED) is 0.572. The molecule has 0 bridgehead atoms. The SMILES string of the molecule is CO[SiH2][Si](C)(C)N([SiH3])C(C)C. The molecule has 0 saturated heterocycles. The van der Waals surface area contributed by atoms with Gasteiger partial charge < -0.3 is 8.66 Å². The Kier molecular flexibility index (Phi) is 4.80. The average Bonchev–Trinajstić information content (AvgIpc) is 1.86. The third kappa shape index (κ3) is 3.66. The Morgan fingerprint density at radius 3 is 2.18 bits per heavy atom. The van der Waals surface area contributed by atoms with E-state index in [-0.39, 0.29) is 9.28 Å². The molecule has 0 amide bonds. The summed E-state index contributed by atoms with van der Waals surface area (Å²) >= 11 is 0. The summed E-state index contributed by atoms with van der Waals surface area (Å²) < 4.78 is 8.01. The highest BCUT2D eigenvalue weighted by Gasteiger charge is 2.28. The maximum Gasteiger partial charge on any atom is 0.166 e. The second-order valence-corrected chi connectivity index (χ2v) is 17.1. The monoisotopic (exact) mass is 207 g/mol. The van der Waals surface area contributed by atoms with E-state index in [1.807, 2.05) is 7.11 Å². The van der Waals surface area contributed by atoms with Gasteiger partial charge in [-0.15, -0.1) is 0 Å². The van der Waals surface area contributed by atoms with Crippen molar-refractivity contribution in [3.8, 4) is 0 Å². The summed E-state index contributed by atoms with van der Waals surface area (Å²) in [6.07, 6.45) is 0. The lowest BCUT2D eigenvalue weighted by atomic mass is 10.4. The van der Waals surface area contributed by atoms with Gasteiger partial charge in [-0.05, 0) is 6.04 Å². The highest BCUT2D eigenvalue weighted by Crippen LogP contribution is 2.08. The molecular formula is C6H21NOSi3. The summed E-state index contributed by atoms with van der Waals surface area (Å²) in [5.74, 6) is 0. The molecule has 0 aromatic rings. The Morgan fingerprint density at radius 2 is 1.91 bits per heavy atom. The van der Waals surface area contributed by atoms with Gasteiger partial charge in [0.2, 0.25) is 0 Å². The van der Waals surface area contributed by atoms with E-state index >= 15 is 0 Å². The minimum atomic E-state index is -1.06. The van der Waals surface area contributed by atoms with Gasteiger partial charge in [0.25, 0.3) is 0 Å².